The molecule has 0 amide bonds. The van der Waals surface area contributed by atoms with Crippen molar-refractivity contribution >= 4 is 15.9 Å². The van der Waals surface area contributed by atoms with Crippen molar-refractivity contribution in [1.29, 1.82) is 0 Å². The zero-order chi connectivity index (χ0) is 12.1. The number of hydrogen-bond acceptors (Lipinski definition) is 2. The first-order chi connectivity index (χ1) is 7.50. The first kappa shape index (κ1) is 13.5. The molecule has 3 heteroatoms. The van der Waals surface area contributed by atoms with Crippen LogP contribution in [-0.2, 0) is 6.42 Å². The maximum Gasteiger partial charge on any atom is 0.136 e. The average molecular weight is 286 g/mol. The summed E-state index contributed by atoms with van der Waals surface area (Å²) < 4.78 is 6.83. The second kappa shape index (κ2) is 6.26. The number of para-hydroxylation sites is 1. The summed E-state index contributed by atoms with van der Waals surface area (Å²) in [6, 6.07) is 6.24. The van der Waals surface area contributed by atoms with Crippen molar-refractivity contribution < 1.29 is 4.74 Å². The van der Waals surface area contributed by atoms with Crippen molar-refractivity contribution in [2.75, 3.05) is 6.61 Å². The molecule has 1 atom stereocenters. The molecule has 0 heterocycles. The molecule has 1 unspecified atom stereocenters. The highest BCUT2D eigenvalue weighted by molar-refractivity contribution is 9.10. The quantitative estimate of drug-likeness (QED) is 0.900. The predicted molar refractivity (Wildman–Crippen MR) is 71.8 cm³/mol. The van der Waals surface area contributed by atoms with Crippen LogP contribution >= 0.6 is 15.9 Å². The lowest BCUT2D eigenvalue weighted by molar-refractivity contribution is 0.266. The lowest BCUT2D eigenvalue weighted by Gasteiger charge is -2.16. The van der Waals surface area contributed by atoms with Crippen LogP contribution in [0.4, 0.5) is 0 Å². The van der Waals surface area contributed by atoms with E-state index in [-0.39, 0.29) is 6.04 Å². The molecule has 1 aromatic rings. The van der Waals surface area contributed by atoms with E-state index in [1.54, 1.807) is 0 Å². The molecule has 0 bridgehead atoms. The minimum absolute atomic E-state index is 0.149. The van der Waals surface area contributed by atoms with Crippen LogP contribution in [0, 0.1) is 5.92 Å². The Labute approximate surface area is 106 Å². The third-order valence-electron chi connectivity index (χ3n) is 2.15. The fourth-order valence-corrected chi connectivity index (χ4v) is 1.99. The number of nitrogens with two attached hydrogens (primary N) is 1. The second-order valence-electron chi connectivity index (χ2n) is 4.61. The molecule has 0 radical (unpaired) electrons. The van der Waals surface area contributed by atoms with E-state index in [4.69, 9.17) is 10.5 Å². The van der Waals surface area contributed by atoms with Crippen molar-refractivity contribution in [3.8, 4) is 5.75 Å². The Bertz CT molecular complexity index is 337. The van der Waals surface area contributed by atoms with Crippen LogP contribution in [0.1, 0.15) is 26.3 Å². The Morgan fingerprint density at radius 3 is 2.56 bits per heavy atom. The summed E-state index contributed by atoms with van der Waals surface area (Å²) >= 11 is 3.52. The minimum atomic E-state index is 0.149. The molecule has 0 saturated carbocycles. The smallest absolute Gasteiger partial charge is 0.136 e. The SMILES string of the molecule is CC(C)COc1c(Br)cccc1CC(C)N. The number of hydrogen-bond donors (Lipinski definition) is 1. The number of halogens is 1. The van der Waals surface area contributed by atoms with Gasteiger partial charge in [-0.3, -0.25) is 0 Å². The summed E-state index contributed by atoms with van der Waals surface area (Å²) in [4.78, 5) is 0. The Morgan fingerprint density at radius 2 is 2.00 bits per heavy atom. The average Bonchev–Trinajstić information content (AvgIpc) is 2.15. The van der Waals surface area contributed by atoms with E-state index in [1.165, 1.54) is 5.56 Å². The number of rotatable bonds is 5. The largest absolute Gasteiger partial charge is 0.492 e. The fourth-order valence-electron chi connectivity index (χ4n) is 1.47. The summed E-state index contributed by atoms with van der Waals surface area (Å²) in [7, 11) is 0. The van der Waals surface area contributed by atoms with Crippen molar-refractivity contribution in [2.24, 2.45) is 11.7 Å². The minimum Gasteiger partial charge on any atom is -0.492 e. The van der Waals surface area contributed by atoms with E-state index in [0.717, 1.165) is 23.2 Å². The Morgan fingerprint density at radius 1 is 1.31 bits per heavy atom. The van der Waals surface area contributed by atoms with Gasteiger partial charge in [0.25, 0.3) is 0 Å². The van der Waals surface area contributed by atoms with Crippen molar-refractivity contribution in [1.82, 2.24) is 0 Å². The zero-order valence-electron chi connectivity index (χ0n) is 10.2. The number of ether oxygens (including phenoxy) is 1. The zero-order valence-corrected chi connectivity index (χ0v) is 11.8. The van der Waals surface area contributed by atoms with Crippen LogP contribution in [0.2, 0.25) is 0 Å². The van der Waals surface area contributed by atoms with Gasteiger partial charge in [-0.2, -0.15) is 0 Å². The van der Waals surface area contributed by atoms with Crippen molar-refractivity contribution in [3.63, 3.8) is 0 Å². The molecule has 0 fully saturated rings. The highest BCUT2D eigenvalue weighted by atomic mass is 79.9. The highest BCUT2D eigenvalue weighted by Gasteiger charge is 2.10. The van der Waals surface area contributed by atoms with Gasteiger partial charge in [0, 0.05) is 6.04 Å². The van der Waals surface area contributed by atoms with Crippen LogP contribution < -0.4 is 10.5 Å². The molecule has 0 aliphatic carbocycles. The predicted octanol–water partition coefficient (Wildman–Crippen LogP) is 3.37. The highest BCUT2D eigenvalue weighted by Crippen LogP contribution is 2.30. The van der Waals surface area contributed by atoms with Gasteiger partial charge in [0.05, 0.1) is 11.1 Å². The summed E-state index contributed by atoms with van der Waals surface area (Å²) in [5.74, 6) is 1.46. The molecule has 2 N–H and O–H groups in total. The summed E-state index contributed by atoms with van der Waals surface area (Å²) in [6.45, 7) is 7.02. The molecule has 0 spiro atoms. The maximum absolute atomic E-state index is 5.83. The standard InChI is InChI=1S/C13H20BrNO/c1-9(2)8-16-13-11(7-10(3)15)5-4-6-12(13)14/h4-6,9-10H,7-8,15H2,1-3H3. The summed E-state index contributed by atoms with van der Waals surface area (Å²) in [5, 5.41) is 0. The van der Waals surface area contributed by atoms with E-state index in [1.807, 2.05) is 19.1 Å². The second-order valence-corrected chi connectivity index (χ2v) is 5.47. The summed E-state index contributed by atoms with van der Waals surface area (Å²) in [6.07, 6.45) is 0.840. The van der Waals surface area contributed by atoms with Crippen molar-refractivity contribution in [3.05, 3.63) is 28.2 Å². The molecule has 0 aliphatic rings. The maximum atomic E-state index is 5.83. The first-order valence-electron chi connectivity index (χ1n) is 5.66. The summed E-state index contributed by atoms with van der Waals surface area (Å²) in [5.41, 5.74) is 7.00. The molecular weight excluding hydrogens is 266 g/mol. The van der Waals surface area contributed by atoms with Gasteiger partial charge in [-0.1, -0.05) is 26.0 Å². The van der Waals surface area contributed by atoms with Crippen LogP contribution in [0.3, 0.4) is 0 Å². The molecular formula is C13H20BrNO. The molecule has 16 heavy (non-hydrogen) atoms. The molecule has 90 valence electrons. The van der Waals surface area contributed by atoms with Gasteiger partial charge in [-0.05, 0) is 46.8 Å². The Hall–Kier alpha value is -0.540. The topological polar surface area (TPSA) is 35.2 Å². The number of benzene rings is 1. The van der Waals surface area contributed by atoms with Gasteiger partial charge in [0.2, 0.25) is 0 Å². The normalized spacial score (nSPS) is 12.9. The van der Waals surface area contributed by atoms with Gasteiger partial charge in [-0.25, -0.2) is 0 Å². The Kier molecular flexibility index (Phi) is 5.29. The molecule has 1 aromatic carbocycles. The van der Waals surface area contributed by atoms with Crippen LogP contribution in [0.15, 0.2) is 22.7 Å². The van der Waals surface area contributed by atoms with Gasteiger partial charge >= 0.3 is 0 Å². The van der Waals surface area contributed by atoms with E-state index >= 15 is 0 Å². The van der Waals surface area contributed by atoms with Crippen LogP contribution in [0.25, 0.3) is 0 Å². The fraction of sp³-hybridized carbons (Fsp3) is 0.538. The van der Waals surface area contributed by atoms with E-state index in [2.05, 4.69) is 35.8 Å². The monoisotopic (exact) mass is 285 g/mol. The lowest BCUT2D eigenvalue weighted by atomic mass is 10.1. The van der Waals surface area contributed by atoms with Gasteiger partial charge in [0.1, 0.15) is 5.75 Å². The van der Waals surface area contributed by atoms with E-state index in [0.29, 0.717) is 5.92 Å². The first-order valence-corrected chi connectivity index (χ1v) is 6.45. The van der Waals surface area contributed by atoms with E-state index in [9.17, 15) is 0 Å². The molecule has 0 aliphatic heterocycles. The lowest BCUT2D eigenvalue weighted by Crippen LogP contribution is -2.18. The molecule has 0 saturated heterocycles. The third kappa shape index (κ3) is 4.14. The molecule has 2 nitrogen and oxygen atoms in total. The molecule has 0 aromatic heterocycles. The van der Waals surface area contributed by atoms with Gasteiger partial charge in [-0.15, -0.1) is 0 Å². The van der Waals surface area contributed by atoms with E-state index < -0.39 is 0 Å². The van der Waals surface area contributed by atoms with Gasteiger partial charge in [0.15, 0.2) is 0 Å². The third-order valence-corrected chi connectivity index (χ3v) is 2.78. The van der Waals surface area contributed by atoms with Crippen LogP contribution in [-0.4, -0.2) is 12.6 Å². The molecule has 1 rings (SSSR count). The van der Waals surface area contributed by atoms with Crippen LogP contribution in [0.5, 0.6) is 5.75 Å². The van der Waals surface area contributed by atoms with Gasteiger partial charge < -0.3 is 10.5 Å². The Balaban J connectivity index is 2.85. The van der Waals surface area contributed by atoms with Crippen molar-refractivity contribution in [2.45, 2.75) is 33.2 Å².